The molecule has 0 unspecified atom stereocenters. The Kier molecular flexibility index (Phi) is 7.00. The van der Waals surface area contributed by atoms with Gasteiger partial charge in [-0.1, -0.05) is 16.8 Å². The highest BCUT2D eigenvalue weighted by molar-refractivity contribution is 6.34. The van der Waals surface area contributed by atoms with Crippen molar-refractivity contribution >= 4 is 28.6 Å². The molecule has 14 heteroatoms. The number of fused-ring (bicyclic) bond motifs is 1. The van der Waals surface area contributed by atoms with Gasteiger partial charge in [0.1, 0.15) is 23.8 Å². The predicted molar refractivity (Wildman–Crippen MR) is 137 cm³/mol. The zero-order chi connectivity index (χ0) is 28.9. The number of alkyl halides is 4. The number of halogens is 5. The minimum absolute atomic E-state index is 0.0917. The molecule has 1 aromatic carbocycles. The summed E-state index contributed by atoms with van der Waals surface area (Å²) in [5.74, 6) is -1.01. The molecule has 0 saturated heterocycles. The smallest absolute Gasteiger partial charge is 0.335 e. The monoisotopic (exact) mass is 577 g/mol. The summed E-state index contributed by atoms with van der Waals surface area (Å²) in [6.45, 7) is 1.03. The average molecular weight is 578 g/mol. The first-order chi connectivity index (χ1) is 19.0. The highest BCUT2D eigenvalue weighted by Gasteiger charge is 2.25. The Bertz CT molecular complexity index is 1740. The van der Waals surface area contributed by atoms with Crippen LogP contribution in [0.15, 0.2) is 41.3 Å². The van der Waals surface area contributed by atoms with Crippen LogP contribution >= 0.6 is 11.6 Å². The third kappa shape index (κ3) is 4.66. The molecule has 0 amide bonds. The Morgan fingerprint density at radius 2 is 1.88 bits per heavy atom. The van der Waals surface area contributed by atoms with Crippen molar-refractivity contribution in [3.8, 4) is 33.7 Å². The molecule has 0 aliphatic rings. The average Bonchev–Trinajstić information content (AvgIpc) is 3.56. The third-order valence-corrected chi connectivity index (χ3v) is 6.66. The molecule has 1 N–H and O–H groups in total. The summed E-state index contributed by atoms with van der Waals surface area (Å²) in [5, 5.41) is 17.6. The molecule has 4 heterocycles. The van der Waals surface area contributed by atoms with Crippen LogP contribution in [0.4, 0.5) is 17.6 Å². The van der Waals surface area contributed by atoms with Gasteiger partial charge in [0.2, 0.25) is 0 Å². The number of aryl methyl sites for hydroxylation is 2. The molecule has 9 nitrogen and oxygen atoms in total. The standard InChI is InChI=1S/C26H20ClF4N5O4/c1-11-22(13(3)40-34-11)15-4-16-17(23-18(27)5-14(25(37)38)6-20(23)39-10-21(28)29)9-35(24(16)32-7-15)19-8-33-36(12(19)2)26(30)31/h4-9,21,26H,10H2,1-3H3,(H,37,38). The van der Waals surface area contributed by atoms with Crippen molar-refractivity contribution in [1.29, 1.82) is 0 Å². The Balaban J connectivity index is 1.83. The molecule has 0 radical (unpaired) electrons. The summed E-state index contributed by atoms with van der Waals surface area (Å²) in [6.07, 6.45) is 1.49. The van der Waals surface area contributed by atoms with Gasteiger partial charge in [-0.05, 0) is 39.0 Å². The van der Waals surface area contributed by atoms with Crippen LogP contribution in [0.5, 0.6) is 5.75 Å². The maximum atomic E-state index is 13.5. The first-order valence-electron chi connectivity index (χ1n) is 11.7. The number of nitrogens with zero attached hydrogens (tertiary/aromatic N) is 5. The fourth-order valence-electron chi connectivity index (χ4n) is 4.60. The second-order valence-corrected chi connectivity index (χ2v) is 9.29. The molecule has 0 bridgehead atoms. The lowest BCUT2D eigenvalue weighted by Crippen LogP contribution is -2.09. The minimum Gasteiger partial charge on any atom is -0.487 e. The van der Waals surface area contributed by atoms with Crippen molar-refractivity contribution in [1.82, 2.24) is 24.5 Å². The van der Waals surface area contributed by atoms with Crippen molar-refractivity contribution in [3.05, 3.63) is 64.5 Å². The van der Waals surface area contributed by atoms with Gasteiger partial charge in [-0.25, -0.2) is 23.2 Å². The van der Waals surface area contributed by atoms with Gasteiger partial charge in [0.15, 0.2) is 0 Å². The van der Waals surface area contributed by atoms with Crippen LogP contribution in [0.3, 0.4) is 0 Å². The normalized spacial score (nSPS) is 11.8. The van der Waals surface area contributed by atoms with E-state index in [1.165, 1.54) is 30.0 Å². The Morgan fingerprint density at radius 3 is 2.48 bits per heavy atom. The van der Waals surface area contributed by atoms with Gasteiger partial charge in [-0.3, -0.25) is 4.57 Å². The van der Waals surface area contributed by atoms with Crippen LogP contribution < -0.4 is 4.74 Å². The number of carbonyl (C=O) groups is 1. The summed E-state index contributed by atoms with van der Waals surface area (Å²) < 4.78 is 65.9. The fraction of sp³-hybridized carbons (Fsp3) is 0.231. The molecule has 0 spiro atoms. The molecule has 0 fully saturated rings. The number of aromatic carboxylic acids is 1. The van der Waals surface area contributed by atoms with E-state index >= 15 is 0 Å². The number of pyridine rings is 1. The SMILES string of the molecule is Cc1noc(C)c1-c1cnc2c(c1)c(-c1c(Cl)cc(C(=O)O)cc1OCC(F)F)cn2-c1cnn(C(F)F)c1C. The van der Waals surface area contributed by atoms with Crippen molar-refractivity contribution in [3.63, 3.8) is 0 Å². The lowest BCUT2D eigenvalue weighted by Gasteiger charge is -2.14. The van der Waals surface area contributed by atoms with Crippen LogP contribution in [0, 0.1) is 20.8 Å². The van der Waals surface area contributed by atoms with Gasteiger partial charge in [0.05, 0.1) is 33.9 Å². The lowest BCUT2D eigenvalue weighted by atomic mass is 9.99. The van der Waals surface area contributed by atoms with Crippen LogP contribution in [-0.4, -0.2) is 48.6 Å². The Hall–Kier alpha value is -4.39. The third-order valence-electron chi connectivity index (χ3n) is 6.36. The second kappa shape index (κ2) is 10.3. The molecular formula is C26H20ClF4N5O4. The van der Waals surface area contributed by atoms with Gasteiger partial charge >= 0.3 is 12.5 Å². The number of carboxylic acids is 1. The first kappa shape index (κ1) is 27.2. The highest BCUT2D eigenvalue weighted by atomic mass is 35.5. The quantitative estimate of drug-likeness (QED) is 0.201. The van der Waals surface area contributed by atoms with E-state index in [0.29, 0.717) is 43.9 Å². The number of ether oxygens (including phenoxy) is 1. The van der Waals surface area contributed by atoms with Crippen LogP contribution in [-0.2, 0) is 0 Å². The van der Waals surface area contributed by atoms with Crippen LogP contribution in [0.2, 0.25) is 5.02 Å². The molecule has 4 aromatic heterocycles. The summed E-state index contributed by atoms with van der Waals surface area (Å²) >= 11 is 6.55. The zero-order valence-corrected chi connectivity index (χ0v) is 21.9. The number of rotatable bonds is 8. The van der Waals surface area contributed by atoms with E-state index in [1.807, 2.05) is 0 Å². The highest BCUT2D eigenvalue weighted by Crippen LogP contribution is 2.44. The Labute approximate surface area is 228 Å². The Morgan fingerprint density at radius 1 is 1.12 bits per heavy atom. The van der Waals surface area contributed by atoms with Crippen molar-refractivity contribution in [2.75, 3.05) is 6.61 Å². The van der Waals surface area contributed by atoms with Gasteiger partial charge in [0.25, 0.3) is 6.43 Å². The van der Waals surface area contributed by atoms with Gasteiger partial charge in [0, 0.05) is 40.0 Å². The van der Waals surface area contributed by atoms with Crippen molar-refractivity contribution in [2.45, 2.75) is 33.7 Å². The fourth-order valence-corrected chi connectivity index (χ4v) is 4.92. The maximum absolute atomic E-state index is 13.5. The summed E-state index contributed by atoms with van der Waals surface area (Å²) in [6, 6.07) is 4.01. The first-order valence-corrected chi connectivity index (χ1v) is 12.1. The molecule has 0 saturated carbocycles. The van der Waals surface area contributed by atoms with Gasteiger partial charge in [-0.2, -0.15) is 13.9 Å². The van der Waals surface area contributed by atoms with E-state index in [9.17, 15) is 27.5 Å². The van der Waals surface area contributed by atoms with Crippen molar-refractivity contribution < 1.29 is 36.7 Å². The summed E-state index contributed by atoms with van der Waals surface area (Å²) in [5.41, 5.74) is 2.77. The largest absolute Gasteiger partial charge is 0.487 e. The molecule has 5 aromatic rings. The molecule has 208 valence electrons. The lowest BCUT2D eigenvalue weighted by molar-refractivity contribution is 0.0544. The molecule has 0 aliphatic carbocycles. The van der Waals surface area contributed by atoms with E-state index in [-0.39, 0.29) is 33.3 Å². The molecule has 5 rings (SSSR count). The molecule has 0 atom stereocenters. The van der Waals surface area contributed by atoms with Crippen LogP contribution in [0.25, 0.3) is 39.0 Å². The zero-order valence-electron chi connectivity index (χ0n) is 21.1. The number of hydrogen-bond donors (Lipinski definition) is 1. The van der Waals surface area contributed by atoms with Crippen molar-refractivity contribution in [2.24, 2.45) is 0 Å². The number of aromatic nitrogens is 5. The topological polar surface area (TPSA) is 108 Å². The minimum atomic E-state index is -2.89. The van der Waals surface area contributed by atoms with E-state index in [4.69, 9.17) is 20.9 Å². The summed E-state index contributed by atoms with van der Waals surface area (Å²) in [7, 11) is 0. The molecular weight excluding hydrogens is 558 g/mol. The number of benzene rings is 1. The predicted octanol–water partition coefficient (Wildman–Crippen LogP) is 6.86. The van der Waals surface area contributed by atoms with E-state index in [0.717, 1.165) is 6.07 Å². The molecule has 40 heavy (non-hydrogen) atoms. The van der Waals surface area contributed by atoms with E-state index in [1.54, 1.807) is 26.1 Å². The van der Waals surface area contributed by atoms with Gasteiger partial charge in [-0.15, -0.1) is 0 Å². The van der Waals surface area contributed by atoms with E-state index < -0.39 is 25.6 Å². The molecule has 0 aliphatic heterocycles. The van der Waals surface area contributed by atoms with E-state index in [2.05, 4.69) is 15.2 Å². The maximum Gasteiger partial charge on any atom is 0.335 e. The summed E-state index contributed by atoms with van der Waals surface area (Å²) in [4.78, 5) is 16.3. The van der Waals surface area contributed by atoms with Crippen LogP contribution in [0.1, 0.15) is 34.1 Å². The number of hydrogen-bond acceptors (Lipinski definition) is 6. The van der Waals surface area contributed by atoms with Gasteiger partial charge < -0.3 is 14.4 Å². The number of carboxylic acid groups (broad SMARTS) is 1. The second-order valence-electron chi connectivity index (χ2n) is 8.88.